The van der Waals surface area contributed by atoms with Crippen molar-refractivity contribution in [3.63, 3.8) is 0 Å². The average molecular weight is 432 g/mol. The Labute approximate surface area is 180 Å². The lowest BCUT2D eigenvalue weighted by Crippen LogP contribution is -2.36. The maximum atomic E-state index is 10.3. The number of aliphatic hydroxyl groups is 1. The van der Waals surface area contributed by atoms with E-state index < -0.39 is 6.10 Å². The summed E-state index contributed by atoms with van der Waals surface area (Å²) in [4.78, 5) is 6.54. The van der Waals surface area contributed by atoms with Crippen molar-refractivity contribution < 1.29 is 18.8 Å². The topological polar surface area (TPSA) is 84.8 Å². The number of benzene rings is 1. The van der Waals surface area contributed by atoms with Gasteiger partial charge in [0.15, 0.2) is 0 Å². The van der Waals surface area contributed by atoms with Crippen molar-refractivity contribution in [2.45, 2.75) is 26.0 Å². The van der Waals surface area contributed by atoms with Gasteiger partial charge in [-0.05, 0) is 30.7 Å². The van der Waals surface area contributed by atoms with E-state index in [0.29, 0.717) is 49.4 Å². The summed E-state index contributed by atoms with van der Waals surface area (Å²) in [7, 11) is 0. The van der Waals surface area contributed by atoms with Gasteiger partial charge in [0.25, 0.3) is 0 Å². The second-order valence-corrected chi connectivity index (χ2v) is 7.43. The number of ether oxygens (including phenoxy) is 1. The van der Waals surface area contributed by atoms with Crippen LogP contribution in [0.3, 0.4) is 0 Å². The van der Waals surface area contributed by atoms with Crippen LogP contribution in [0.25, 0.3) is 11.4 Å². The third kappa shape index (κ3) is 6.53. The summed E-state index contributed by atoms with van der Waals surface area (Å²) in [5, 5.41) is 15.0. The molecule has 0 radical (unpaired) electrons. The Kier molecular flexibility index (Phi) is 8.21. The van der Waals surface area contributed by atoms with Gasteiger partial charge >= 0.3 is 0 Å². The molecule has 0 aliphatic carbocycles. The molecule has 0 aliphatic heterocycles. The van der Waals surface area contributed by atoms with Crippen LogP contribution in [0.15, 0.2) is 58.2 Å². The third-order valence-electron chi connectivity index (χ3n) is 4.51. The normalized spacial score (nSPS) is 12.4. The summed E-state index contributed by atoms with van der Waals surface area (Å²) in [6, 6.07) is 9.41. The number of hydrogen-bond donors (Lipinski definition) is 1. The second-order valence-electron chi connectivity index (χ2n) is 7.02. The molecule has 1 aromatic carbocycles. The highest BCUT2D eigenvalue weighted by Crippen LogP contribution is 2.23. The number of aryl methyl sites for hydroxylation is 1. The fraction of sp³-hybridized carbons (Fsp3) is 0.364. The van der Waals surface area contributed by atoms with Crippen molar-refractivity contribution >= 4 is 11.6 Å². The molecule has 1 N–H and O–H groups in total. The molecule has 0 saturated carbocycles. The molecule has 0 bridgehead atoms. The average Bonchev–Trinajstić information content (AvgIpc) is 3.40. The zero-order chi connectivity index (χ0) is 21.3. The number of aliphatic hydroxyl groups excluding tert-OH is 1. The van der Waals surface area contributed by atoms with Crippen LogP contribution >= 0.6 is 11.6 Å². The van der Waals surface area contributed by atoms with Gasteiger partial charge in [-0.1, -0.05) is 35.0 Å². The molecule has 3 aromatic rings. The molecule has 160 valence electrons. The van der Waals surface area contributed by atoms with Crippen molar-refractivity contribution in [1.29, 1.82) is 0 Å². The van der Waals surface area contributed by atoms with Crippen molar-refractivity contribution in [1.82, 2.24) is 15.0 Å². The van der Waals surface area contributed by atoms with Gasteiger partial charge in [-0.15, -0.1) is 6.58 Å². The van der Waals surface area contributed by atoms with Crippen molar-refractivity contribution in [3.05, 3.63) is 71.5 Å². The predicted molar refractivity (Wildman–Crippen MR) is 114 cm³/mol. The van der Waals surface area contributed by atoms with E-state index in [9.17, 15) is 5.11 Å². The number of rotatable bonds is 12. The van der Waals surface area contributed by atoms with Gasteiger partial charge in [-0.25, -0.2) is 0 Å². The third-order valence-corrected chi connectivity index (χ3v) is 4.92. The smallest absolute Gasteiger partial charge is 0.228 e. The first-order chi connectivity index (χ1) is 14.5. The second kappa shape index (κ2) is 11.1. The summed E-state index contributed by atoms with van der Waals surface area (Å²) in [6.45, 7) is 7.77. The van der Waals surface area contributed by atoms with Crippen molar-refractivity contribution in [2.75, 3.05) is 26.3 Å². The molecule has 30 heavy (non-hydrogen) atoms. The molecule has 1 atom stereocenters. The molecule has 0 unspecified atom stereocenters. The lowest BCUT2D eigenvalue weighted by atomic mass is 10.1. The van der Waals surface area contributed by atoms with Gasteiger partial charge in [0.1, 0.15) is 5.76 Å². The summed E-state index contributed by atoms with van der Waals surface area (Å²) < 4.78 is 16.2. The fourth-order valence-corrected chi connectivity index (χ4v) is 3.14. The van der Waals surface area contributed by atoms with Crippen LogP contribution in [0.4, 0.5) is 0 Å². The molecule has 8 heteroatoms. The molecule has 7 nitrogen and oxygen atoms in total. The molecular weight excluding hydrogens is 406 g/mol. The number of nitrogens with zero attached hydrogens (tertiary/aromatic N) is 3. The van der Waals surface area contributed by atoms with Crippen LogP contribution in [0, 0.1) is 6.92 Å². The van der Waals surface area contributed by atoms with E-state index in [1.54, 1.807) is 12.3 Å². The largest absolute Gasteiger partial charge is 0.468 e. The zero-order valence-corrected chi connectivity index (χ0v) is 17.7. The van der Waals surface area contributed by atoms with Crippen LogP contribution in [0.1, 0.15) is 17.2 Å². The molecule has 0 aliphatic rings. The van der Waals surface area contributed by atoms with E-state index in [0.717, 1.165) is 16.9 Å². The first-order valence-electron chi connectivity index (χ1n) is 9.75. The highest BCUT2D eigenvalue weighted by atomic mass is 35.5. The van der Waals surface area contributed by atoms with Gasteiger partial charge in [0.05, 0.1) is 32.1 Å². The van der Waals surface area contributed by atoms with Crippen LogP contribution in [0.2, 0.25) is 5.02 Å². The number of aromatic nitrogens is 2. The first-order valence-corrected chi connectivity index (χ1v) is 10.1. The maximum absolute atomic E-state index is 10.3. The predicted octanol–water partition coefficient (Wildman–Crippen LogP) is 3.90. The highest BCUT2D eigenvalue weighted by Gasteiger charge is 2.16. The lowest BCUT2D eigenvalue weighted by molar-refractivity contribution is 0.0232. The molecule has 0 fully saturated rings. The Bertz CT molecular complexity index is 926. The van der Waals surface area contributed by atoms with Crippen LogP contribution in [-0.4, -0.2) is 52.6 Å². The van der Waals surface area contributed by atoms with Crippen molar-refractivity contribution in [2.24, 2.45) is 0 Å². The van der Waals surface area contributed by atoms with Gasteiger partial charge in [-0.3, -0.25) is 4.90 Å². The van der Waals surface area contributed by atoms with Gasteiger partial charge in [0.2, 0.25) is 11.7 Å². The van der Waals surface area contributed by atoms with E-state index in [2.05, 4.69) is 21.6 Å². The Morgan fingerprint density at radius 1 is 1.37 bits per heavy atom. The minimum absolute atomic E-state index is 0.236. The van der Waals surface area contributed by atoms with Gasteiger partial charge < -0.3 is 18.8 Å². The fourth-order valence-electron chi connectivity index (χ4n) is 2.96. The zero-order valence-electron chi connectivity index (χ0n) is 17.0. The SMILES string of the molecule is C=CCOC[C@H](O)CN(CCc1nc(-c2ccc(C)c(Cl)c2)no1)Cc1ccco1. The molecule has 2 aromatic heterocycles. The quantitative estimate of drug-likeness (QED) is 0.344. The van der Waals surface area contributed by atoms with Crippen LogP contribution in [-0.2, 0) is 17.7 Å². The summed E-state index contributed by atoms with van der Waals surface area (Å²) in [5.74, 6) is 1.83. The Morgan fingerprint density at radius 2 is 2.23 bits per heavy atom. The molecule has 0 saturated heterocycles. The van der Waals surface area contributed by atoms with E-state index in [-0.39, 0.29) is 6.61 Å². The van der Waals surface area contributed by atoms with E-state index in [1.165, 1.54) is 0 Å². The molecule has 0 amide bonds. The van der Waals surface area contributed by atoms with Crippen LogP contribution < -0.4 is 0 Å². The monoisotopic (exact) mass is 431 g/mol. The summed E-state index contributed by atoms with van der Waals surface area (Å²) >= 11 is 6.19. The van der Waals surface area contributed by atoms with Gasteiger partial charge in [0, 0.05) is 30.1 Å². The Morgan fingerprint density at radius 3 is 2.97 bits per heavy atom. The molecular formula is C22H26ClN3O4. The minimum atomic E-state index is -0.632. The summed E-state index contributed by atoms with van der Waals surface area (Å²) in [5.41, 5.74) is 1.80. The Hall–Kier alpha value is -2.45. The number of halogens is 1. The van der Waals surface area contributed by atoms with E-state index in [4.69, 9.17) is 25.3 Å². The minimum Gasteiger partial charge on any atom is -0.468 e. The molecule has 3 rings (SSSR count). The Balaban J connectivity index is 1.60. The first kappa shape index (κ1) is 22.2. The standard InChI is InChI=1S/C22H26ClN3O4/c1-3-10-28-15-18(27)13-26(14-19-5-4-11-29-19)9-8-21-24-22(25-30-21)17-7-6-16(2)20(23)12-17/h3-7,11-12,18,27H,1,8-10,13-15H2,2H3/t18-/m1/s1. The highest BCUT2D eigenvalue weighted by molar-refractivity contribution is 6.31. The van der Waals surface area contributed by atoms with Crippen LogP contribution in [0.5, 0.6) is 0 Å². The van der Waals surface area contributed by atoms with E-state index in [1.807, 2.05) is 37.3 Å². The van der Waals surface area contributed by atoms with Gasteiger partial charge in [-0.2, -0.15) is 4.98 Å². The molecule has 0 spiro atoms. The molecule has 2 heterocycles. The summed E-state index contributed by atoms with van der Waals surface area (Å²) in [6.07, 6.45) is 3.19. The number of hydrogen-bond acceptors (Lipinski definition) is 7. The van der Waals surface area contributed by atoms with E-state index >= 15 is 0 Å². The number of furan rings is 1. The van der Waals surface area contributed by atoms with Crippen molar-refractivity contribution in [3.8, 4) is 11.4 Å². The maximum Gasteiger partial charge on any atom is 0.228 e. The lowest BCUT2D eigenvalue weighted by Gasteiger charge is -2.23.